The fourth-order valence-electron chi connectivity index (χ4n) is 2.05. The molecule has 0 aromatic heterocycles. The van der Waals surface area contributed by atoms with Crippen molar-refractivity contribution in [3.05, 3.63) is 59.7 Å². The van der Waals surface area contributed by atoms with E-state index in [4.69, 9.17) is 20.3 Å². The summed E-state index contributed by atoms with van der Waals surface area (Å²) in [6.45, 7) is 1.53. The summed E-state index contributed by atoms with van der Waals surface area (Å²) in [7, 11) is 0. The number of hydrogen-bond acceptors (Lipinski definition) is 4. The van der Waals surface area contributed by atoms with Crippen molar-refractivity contribution in [1.82, 2.24) is 0 Å². The molecule has 0 heterocycles. The Bertz CT molecular complexity index is 557. The molecule has 21 heavy (non-hydrogen) atoms. The molecule has 0 radical (unpaired) electrons. The molecule has 2 aromatic rings. The molecule has 0 atom stereocenters. The van der Waals surface area contributed by atoms with Crippen LogP contribution in [-0.2, 0) is 13.0 Å². The number of nitrogens with two attached hydrogens (primary N) is 1. The predicted molar refractivity (Wildman–Crippen MR) is 82.6 cm³/mol. The van der Waals surface area contributed by atoms with Crippen LogP contribution in [0.5, 0.6) is 11.5 Å². The van der Waals surface area contributed by atoms with E-state index in [2.05, 4.69) is 0 Å². The number of para-hydroxylation sites is 1. The molecule has 112 valence electrons. The van der Waals surface area contributed by atoms with Gasteiger partial charge in [-0.3, -0.25) is 0 Å². The second-order valence-electron chi connectivity index (χ2n) is 4.63. The molecule has 0 bridgehead atoms. The summed E-state index contributed by atoms with van der Waals surface area (Å²) in [5, 5.41) is 9.02. The number of rotatable bonds is 8. The van der Waals surface area contributed by atoms with Gasteiger partial charge in [-0.1, -0.05) is 30.3 Å². The number of aliphatic hydroxyl groups is 1. The third-order valence-corrected chi connectivity index (χ3v) is 3.10. The van der Waals surface area contributed by atoms with Gasteiger partial charge in [0.25, 0.3) is 0 Å². The smallest absolute Gasteiger partial charge is 0.122 e. The normalized spacial score (nSPS) is 10.4. The number of aliphatic hydroxyl groups excluding tert-OH is 1. The average molecular weight is 287 g/mol. The molecule has 0 aliphatic carbocycles. The molecule has 3 N–H and O–H groups in total. The molecule has 0 unspecified atom stereocenters. The van der Waals surface area contributed by atoms with Crippen molar-refractivity contribution in [1.29, 1.82) is 0 Å². The first-order valence-electron chi connectivity index (χ1n) is 7.07. The summed E-state index contributed by atoms with van der Waals surface area (Å²) in [5.74, 6) is 1.59. The van der Waals surface area contributed by atoms with Crippen LogP contribution < -0.4 is 15.2 Å². The van der Waals surface area contributed by atoms with Gasteiger partial charge in [0.1, 0.15) is 24.7 Å². The van der Waals surface area contributed by atoms with E-state index in [0.29, 0.717) is 26.2 Å². The van der Waals surface area contributed by atoms with Gasteiger partial charge in [0.05, 0.1) is 0 Å². The highest BCUT2D eigenvalue weighted by Crippen LogP contribution is 2.18. The molecule has 0 saturated carbocycles. The Morgan fingerprint density at radius 2 is 1.76 bits per heavy atom. The third-order valence-electron chi connectivity index (χ3n) is 3.10. The van der Waals surface area contributed by atoms with Gasteiger partial charge < -0.3 is 20.3 Å². The molecule has 0 saturated heterocycles. The van der Waals surface area contributed by atoms with Gasteiger partial charge in [-0.25, -0.2) is 0 Å². The van der Waals surface area contributed by atoms with Gasteiger partial charge in [-0.2, -0.15) is 0 Å². The summed E-state index contributed by atoms with van der Waals surface area (Å²) < 4.78 is 11.3. The van der Waals surface area contributed by atoms with Crippen LogP contribution in [0.4, 0.5) is 0 Å². The Morgan fingerprint density at radius 1 is 0.952 bits per heavy atom. The van der Waals surface area contributed by atoms with Crippen LogP contribution in [0.3, 0.4) is 0 Å². The SMILES string of the molecule is NCc1cccc(OCCOc2ccccc2CCO)c1. The molecule has 0 aliphatic rings. The maximum absolute atomic E-state index is 9.02. The molecular weight excluding hydrogens is 266 g/mol. The zero-order chi connectivity index (χ0) is 14.9. The number of benzene rings is 2. The summed E-state index contributed by atoms with van der Waals surface area (Å²) in [6.07, 6.45) is 0.593. The van der Waals surface area contributed by atoms with Crippen molar-refractivity contribution < 1.29 is 14.6 Å². The Labute approximate surface area is 125 Å². The van der Waals surface area contributed by atoms with E-state index in [1.165, 1.54) is 0 Å². The lowest BCUT2D eigenvalue weighted by molar-refractivity contribution is 0.214. The van der Waals surface area contributed by atoms with Crippen LogP contribution in [-0.4, -0.2) is 24.9 Å². The van der Waals surface area contributed by atoms with Crippen molar-refractivity contribution in [2.24, 2.45) is 5.73 Å². The Kier molecular flexibility index (Phi) is 6.06. The zero-order valence-corrected chi connectivity index (χ0v) is 12.0. The number of hydrogen-bond donors (Lipinski definition) is 2. The maximum Gasteiger partial charge on any atom is 0.122 e. The van der Waals surface area contributed by atoms with Crippen molar-refractivity contribution in [3.63, 3.8) is 0 Å². The van der Waals surface area contributed by atoms with Crippen molar-refractivity contribution in [2.75, 3.05) is 19.8 Å². The molecule has 0 aliphatic heterocycles. The summed E-state index contributed by atoms with van der Waals surface area (Å²) in [5.41, 5.74) is 7.64. The minimum Gasteiger partial charge on any atom is -0.490 e. The van der Waals surface area contributed by atoms with Crippen LogP contribution in [0, 0.1) is 0 Å². The molecular formula is C17H21NO3. The third kappa shape index (κ3) is 4.77. The maximum atomic E-state index is 9.02. The van der Waals surface area contributed by atoms with E-state index in [0.717, 1.165) is 22.6 Å². The van der Waals surface area contributed by atoms with Crippen molar-refractivity contribution >= 4 is 0 Å². The predicted octanol–water partition coefficient (Wildman–Crippen LogP) is 2.14. The van der Waals surface area contributed by atoms with Gasteiger partial charge in [-0.15, -0.1) is 0 Å². The molecule has 2 rings (SSSR count). The Hall–Kier alpha value is -2.04. The molecule has 0 fully saturated rings. The van der Waals surface area contributed by atoms with Crippen molar-refractivity contribution in [2.45, 2.75) is 13.0 Å². The monoisotopic (exact) mass is 287 g/mol. The number of ether oxygens (including phenoxy) is 2. The largest absolute Gasteiger partial charge is 0.490 e. The van der Waals surface area contributed by atoms with Gasteiger partial charge in [0.15, 0.2) is 0 Å². The van der Waals surface area contributed by atoms with E-state index < -0.39 is 0 Å². The van der Waals surface area contributed by atoms with Crippen molar-refractivity contribution in [3.8, 4) is 11.5 Å². The van der Waals surface area contributed by atoms with E-state index in [1.807, 2.05) is 48.5 Å². The Morgan fingerprint density at radius 3 is 2.57 bits per heavy atom. The summed E-state index contributed by atoms with van der Waals surface area (Å²) in [4.78, 5) is 0. The van der Waals surface area contributed by atoms with Crippen LogP contribution in [0.25, 0.3) is 0 Å². The fraction of sp³-hybridized carbons (Fsp3) is 0.294. The minimum absolute atomic E-state index is 0.114. The molecule has 2 aromatic carbocycles. The van der Waals surface area contributed by atoms with Crippen LogP contribution in [0.2, 0.25) is 0 Å². The van der Waals surface area contributed by atoms with Gasteiger partial charge in [0.2, 0.25) is 0 Å². The topological polar surface area (TPSA) is 64.7 Å². The van der Waals surface area contributed by atoms with E-state index in [1.54, 1.807) is 0 Å². The molecule has 0 amide bonds. The van der Waals surface area contributed by atoms with E-state index in [9.17, 15) is 0 Å². The second-order valence-corrected chi connectivity index (χ2v) is 4.63. The first-order valence-corrected chi connectivity index (χ1v) is 7.07. The highest BCUT2D eigenvalue weighted by Gasteiger charge is 2.02. The van der Waals surface area contributed by atoms with E-state index >= 15 is 0 Å². The highest BCUT2D eigenvalue weighted by molar-refractivity contribution is 5.33. The lowest BCUT2D eigenvalue weighted by Gasteiger charge is -2.12. The summed E-state index contributed by atoms with van der Waals surface area (Å²) >= 11 is 0. The standard InChI is InChI=1S/C17H21NO3/c18-13-14-4-3-6-16(12-14)20-10-11-21-17-7-2-1-5-15(17)8-9-19/h1-7,12,19H,8-11,13,18H2. The Balaban J connectivity index is 1.81. The quantitative estimate of drug-likeness (QED) is 0.730. The van der Waals surface area contributed by atoms with Crippen LogP contribution in [0.15, 0.2) is 48.5 Å². The van der Waals surface area contributed by atoms with Crippen LogP contribution in [0.1, 0.15) is 11.1 Å². The first-order chi connectivity index (χ1) is 10.3. The average Bonchev–Trinajstić information content (AvgIpc) is 2.53. The van der Waals surface area contributed by atoms with Gasteiger partial charge >= 0.3 is 0 Å². The van der Waals surface area contributed by atoms with Gasteiger partial charge in [-0.05, 0) is 35.7 Å². The minimum atomic E-state index is 0.114. The summed E-state index contributed by atoms with van der Waals surface area (Å²) in [6, 6.07) is 15.4. The fourth-order valence-corrected chi connectivity index (χ4v) is 2.05. The lowest BCUT2D eigenvalue weighted by Crippen LogP contribution is -2.10. The molecule has 4 nitrogen and oxygen atoms in total. The lowest BCUT2D eigenvalue weighted by atomic mass is 10.1. The van der Waals surface area contributed by atoms with E-state index in [-0.39, 0.29) is 6.61 Å². The highest BCUT2D eigenvalue weighted by atomic mass is 16.5. The zero-order valence-electron chi connectivity index (χ0n) is 12.0. The first kappa shape index (κ1) is 15.4. The van der Waals surface area contributed by atoms with Gasteiger partial charge in [0, 0.05) is 13.2 Å². The molecule has 0 spiro atoms. The second kappa shape index (κ2) is 8.29. The molecule has 4 heteroatoms. The van der Waals surface area contributed by atoms with Crippen LogP contribution >= 0.6 is 0 Å².